The largest absolute Gasteiger partial charge is 0.392 e. The third-order valence-electron chi connectivity index (χ3n) is 2.82. The average Bonchev–Trinajstić information content (AvgIpc) is 2.33. The molecule has 1 heterocycles. The van der Waals surface area contributed by atoms with Crippen LogP contribution >= 0.6 is 11.6 Å². The van der Waals surface area contributed by atoms with Gasteiger partial charge >= 0.3 is 0 Å². The number of rotatable bonds is 1. The minimum Gasteiger partial charge on any atom is -0.392 e. The van der Waals surface area contributed by atoms with Crippen molar-refractivity contribution in [3.05, 3.63) is 0 Å². The summed E-state index contributed by atoms with van der Waals surface area (Å²) >= 11 is 5.77. The molecule has 1 aliphatic carbocycles. The van der Waals surface area contributed by atoms with Crippen molar-refractivity contribution < 1.29 is 4.84 Å². The predicted molar refractivity (Wildman–Crippen MR) is 49.6 cm³/mol. The average molecular weight is 188 g/mol. The van der Waals surface area contributed by atoms with Gasteiger partial charge in [-0.05, 0) is 19.3 Å². The fraction of sp³-hybridized carbons (Fsp3) is 0.889. The molecule has 0 spiro atoms. The predicted octanol–water partition coefficient (Wildman–Crippen LogP) is 2.56. The standard InChI is InChI=1S/C9H14ClNO/c10-6-8-7-4-2-1-3-5-9(7)12-11-8/h7,9H,1-6H2. The number of hydrogen-bond donors (Lipinski definition) is 0. The number of oxime groups is 1. The third-order valence-corrected chi connectivity index (χ3v) is 3.10. The van der Waals surface area contributed by atoms with Crippen LogP contribution in [0.2, 0.25) is 0 Å². The number of hydrogen-bond acceptors (Lipinski definition) is 2. The first-order valence-electron chi connectivity index (χ1n) is 4.70. The molecule has 0 bridgehead atoms. The van der Waals surface area contributed by atoms with Crippen molar-refractivity contribution in [3.63, 3.8) is 0 Å². The van der Waals surface area contributed by atoms with E-state index in [9.17, 15) is 0 Å². The second kappa shape index (κ2) is 3.65. The fourth-order valence-corrected chi connectivity index (χ4v) is 2.35. The number of nitrogens with zero attached hydrogens (tertiary/aromatic N) is 1. The van der Waals surface area contributed by atoms with Gasteiger partial charge in [-0.1, -0.05) is 18.0 Å². The van der Waals surface area contributed by atoms with Gasteiger partial charge in [0.1, 0.15) is 6.10 Å². The molecule has 12 heavy (non-hydrogen) atoms. The molecule has 0 N–H and O–H groups in total. The highest BCUT2D eigenvalue weighted by Crippen LogP contribution is 2.31. The van der Waals surface area contributed by atoms with E-state index >= 15 is 0 Å². The van der Waals surface area contributed by atoms with Gasteiger partial charge < -0.3 is 4.84 Å². The van der Waals surface area contributed by atoms with E-state index in [1.165, 1.54) is 25.7 Å². The zero-order chi connectivity index (χ0) is 8.39. The van der Waals surface area contributed by atoms with Crippen LogP contribution in [0, 0.1) is 5.92 Å². The molecule has 68 valence electrons. The molecule has 2 rings (SSSR count). The minimum absolute atomic E-state index is 0.348. The van der Waals surface area contributed by atoms with E-state index in [-0.39, 0.29) is 0 Å². The lowest BCUT2D eigenvalue weighted by Crippen LogP contribution is -2.22. The van der Waals surface area contributed by atoms with Crippen LogP contribution in [-0.2, 0) is 4.84 Å². The summed E-state index contributed by atoms with van der Waals surface area (Å²) in [6, 6.07) is 0. The first-order valence-corrected chi connectivity index (χ1v) is 5.24. The highest BCUT2D eigenvalue weighted by atomic mass is 35.5. The number of fused-ring (bicyclic) bond motifs is 1. The summed E-state index contributed by atoms with van der Waals surface area (Å²) in [5.74, 6) is 1.08. The molecule has 2 unspecified atom stereocenters. The maximum Gasteiger partial charge on any atom is 0.135 e. The Morgan fingerprint density at radius 2 is 2.17 bits per heavy atom. The summed E-state index contributed by atoms with van der Waals surface area (Å²) < 4.78 is 0. The molecule has 0 aromatic rings. The van der Waals surface area contributed by atoms with Crippen molar-refractivity contribution in [2.24, 2.45) is 11.1 Å². The smallest absolute Gasteiger partial charge is 0.135 e. The van der Waals surface area contributed by atoms with Crippen LogP contribution in [0.3, 0.4) is 0 Å². The molecule has 2 aliphatic rings. The Kier molecular flexibility index (Phi) is 2.54. The van der Waals surface area contributed by atoms with E-state index in [2.05, 4.69) is 5.16 Å². The van der Waals surface area contributed by atoms with E-state index in [0.717, 1.165) is 12.1 Å². The van der Waals surface area contributed by atoms with Crippen molar-refractivity contribution >= 4 is 17.3 Å². The van der Waals surface area contributed by atoms with Crippen molar-refractivity contribution in [1.29, 1.82) is 0 Å². The van der Waals surface area contributed by atoms with Crippen LogP contribution in [0.4, 0.5) is 0 Å². The molecular formula is C9H14ClNO. The van der Waals surface area contributed by atoms with Crippen LogP contribution in [0.5, 0.6) is 0 Å². The topological polar surface area (TPSA) is 21.6 Å². The van der Waals surface area contributed by atoms with Crippen molar-refractivity contribution in [2.45, 2.75) is 38.2 Å². The molecule has 0 amide bonds. The first kappa shape index (κ1) is 8.36. The normalized spacial score (nSPS) is 34.9. The Morgan fingerprint density at radius 3 is 3.00 bits per heavy atom. The lowest BCUT2D eigenvalue weighted by Gasteiger charge is -2.13. The summed E-state index contributed by atoms with van der Waals surface area (Å²) in [6.07, 6.45) is 6.66. The molecule has 1 aliphatic heterocycles. The van der Waals surface area contributed by atoms with Gasteiger partial charge in [-0.25, -0.2) is 0 Å². The van der Waals surface area contributed by atoms with E-state index in [4.69, 9.17) is 16.4 Å². The lowest BCUT2D eigenvalue weighted by molar-refractivity contribution is 0.0571. The molecule has 0 saturated heterocycles. The molecule has 0 aromatic heterocycles. The highest BCUT2D eigenvalue weighted by Gasteiger charge is 2.33. The molecular weight excluding hydrogens is 174 g/mol. The van der Waals surface area contributed by atoms with Gasteiger partial charge in [-0.3, -0.25) is 0 Å². The van der Waals surface area contributed by atoms with Crippen molar-refractivity contribution in [1.82, 2.24) is 0 Å². The summed E-state index contributed by atoms with van der Waals surface area (Å²) in [4.78, 5) is 5.34. The van der Waals surface area contributed by atoms with Gasteiger partial charge in [0, 0.05) is 5.92 Å². The van der Waals surface area contributed by atoms with Crippen LogP contribution in [0.1, 0.15) is 32.1 Å². The maximum atomic E-state index is 5.77. The first-order chi connectivity index (χ1) is 5.92. The van der Waals surface area contributed by atoms with Crippen LogP contribution in [0.15, 0.2) is 5.16 Å². The van der Waals surface area contributed by atoms with Crippen LogP contribution in [0.25, 0.3) is 0 Å². The molecule has 3 heteroatoms. The SMILES string of the molecule is ClCC1=NOC2CCCCCC12. The van der Waals surface area contributed by atoms with Gasteiger partial charge in [0.05, 0.1) is 11.6 Å². The van der Waals surface area contributed by atoms with Gasteiger partial charge in [0.2, 0.25) is 0 Å². The fourth-order valence-electron chi connectivity index (χ4n) is 2.11. The second-order valence-corrected chi connectivity index (χ2v) is 3.87. The minimum atomic E-state index is 0.348. The summed E-state index contributed by atoms with van der Waals surface area (Å²) in [5.41, 5.74) is 1.07. The van der Waals surface area contributed by atoms with E-state index in [1.54, 1.807) is 0 Å². The molecule has 0 aromatic carbocycles. The zero-order valence-electron chi connectivity index (χ0n) is 7.13. The Labute approximate surface area is 77.9 Å². The quantitative estimate of drug-likeness (QED) is 0.579. The second-order valence-electron chi connectivity index (χ2n) is 3.60. The van der Waals surface area contributed by atoms with Gasteiger partial charge in [0.15, 0.2) is 0 Å². The lowest BCUT2D eigenvalue weighted by atomic mass is 9.94. The van der Waals surface area contributed by atoms with Gasteiger partial charge in [0.25, 0.3) is 0 Å². The Bertz CT molecular complexity index is 193. The summed E-state index contributed by atoms with van der Waals surface area (Å²) in [7, 11) is 0. The van der Waals surface area contributed by atoms with E-state index in [1.807, 2.05) is 0 Å². The molecule has 1 saturated carbocycles. The zero-order valence-corrected chi connectivity index (χ0v) is 7.89. The monoisotopic (exact) mass is 187 g/mol. The van der Waals surface area contributed by atoms with Gasteiger partial charge in [-0.2, -0.15) is 0 Å². The Morgan fingerprint density at radius 1 is 1.33 bits per heavy atom. The molecule has 0 radical (unpaired) electrons. The number of alkyl halides is 1. The third kappa shape index (κ3) is 1.45. The Balaban J connectivity index is 2.05. The van der Waals surface area contributed by atoms with Gasteiger partial charge in [-0.15, -0.1) is 11.6 Å². The maximum absolute atomic E-state index is 5.77. The Hall–Kier alpha value is -0.240. The molecule has 2 atom stereocenters. The van der Waals surface area contributed by atoms with Crippen LogP contribution < -0.4 is 0 Å². The summed E-state index contributed by atoms with van der Waals surface area (Å²) in [6.45, 7) is 0. The molecule has 2 nitrogen and oxygen atoms in total. The number of halogens is 1. The van der Waals surface area contributed by atoms with E-state index in [0.29, 0.717) is 17.9 Å². The van der Waals surface area contributed by atoms with E-state index < -0.39 is 0 Å². The van der Waals surface area contributed by atoms with Crippen molar-refractivity contribution in [3.8, 4) is 0 Å². The highest BCUT2D eigenvalue weighted by molar-refractivity contribution is 6.29. The van der Waals surface area contributed by atoms with Crippen molar-refractivity contribution in [2.75, 3.05) is 5.88 Å². The summed E-state index contributed by atoms with van der Waals surface area (Å²) in [5, 5.41) is 4.03. The molecule has 1 fully saturated rings. The van der Waals surface area contributed by atoms with Crippen LogP contribution in [-0.4, -0.2) is 17.7 Å².